The van der Waals surface area contributed by atoms with E-state index in [-0.39, 0.29) is 27.5 Å². The number of carbonyl (C=O) groups is 2. The number of methoxy groups -OCH3 is 1. The van der Waals surface area contributed by atoms with Crippen LogP contribution in [0, 0.1) is 0 Å². The Balaban J connectivity index is 2.40. The van der Waals surface area contributed by atoms with E-state index in [9.17, 15) is 18.0 Å². The van der Waals surface area contributed by atoms with Crippen molar-refractivity contribution in [3.8, 4) is 0 Å². The Morgan fingerprint density at radius 2 is 1.60 bits per heavy atom. The number of rotatable bonds is 6. The van der Waals surface area contributed by atoms with Crippen LogP contribution in [0.2, 0.25) is 0 Å². The summed E-state index contributed by atoms with van der Waals surface area (Å²) in [5, 5.41) is 2.59. The molecule has 6 nitrogen and oxygen atoms in total. The second-order valence-corrected chi connectivity index (χ2v) is 7.38. The Kier molecular flexibility index (Phi) is 5.93. The van der Waals surface area contributed by atoms with Crippen LogP contribution in [0.5, 0.6) is 0 Å². The maximum atomic E-state index is 12.6. The Hall–Kier alpha value is -2.67. The summed E-state index contributed by atoms with van der Waals surface area (Å²) in [4.78, 5) is 24.4. The lowest BCUT2D eigenvalue weighted by Gasteiger charge is -2.12. The largest absolute Gasteiger partial charge is 0.465 e. The Morgan fingerprint density at radius 3 is 2.24 bits per heavy atom. The first-order valence-corrected chi connectivity index (χ1v) is 9.36. The number of benzene rings is 2. The van der Waals surface area contributed by atoms with Crippen molar-refractivity contribution in [3.05, 3.63) is 59.7 Å². The zero-order valence-corrected chi connectivity index (χ0v) is 14.8. The van der Waals surface area contributed by atoms with E-state index in [0.717, 1.165) is 0 Å². The summed E-state index contributed by atoms with van der Waals surface area (Å²) in [7, 11) is -2.32. The number of nitrogens with one attached hydrogen (secondary N) is 1. The summed E-state index contributed by atoms with van der Waals surface area (Å²) in [6.07, 6.45) is 0.448. The van der Waals surface area contributed by atoms with Crippen molar-refractivity contribution in [3.63, 3.8) is 0 Å². The average Bonchev–Trinajstić information content (AvgIpc) is 2.61. The lowest BCUT2D eigenvalue weighted by atomic mass is 10.1. The highest BCUT2D eigenvalue weighted by molar-refractivity contribution is 7.91. The second-order valence-electron chi connectivity index (χ2n) is 5.31. The van der Waals surface area contributed by atoms with Crippen LogP contribution >= 0.6 is 0 Å². The highest BCUT2D eigenvalue weighted by atomic mass is 32.2. The fourth-order valence-electron chi connectivity index (χ4n) is 2.37. The first kappa shape index (κ1) is 18.7. The van der Waals surface area contributed by atoms with Crippen molar-refractivity contribution in [1.29, 1.82) is 0 Å². The van der Waals surface area contributed by atoms with Crippen molar-refractivity contribution in [2.24, 2.45) is 0 Å². The van der Waals surface area contributed by atoms with E-state index in [2.05, 4.69) is 10.1 Å². The van der Waals surface area contributed by atoms with Crippen LogP contribution in [0.1, 0.15) is 34.1 Å². The Bertz CT molecular complexity index is 890. The first-order chi connectivity index (χ1) is 11.9. The average molecular weight is 361 g/mol. The molecule has 0 aliphatic heterocycles. The number of para-hydroxylation sites is 1. The van der Waals surface area contributed by atoms with Crippen LogP contribution in [0.3, 0.4) is 0 Å². The number of hydrogen-bond acceptors (Lipinski definition) is 5. The van der Waals surface area contributed by atoms with Gasteiger partial charge in [-0.05, 0) is 30.7 Å². The normalized spacial score (nSPS) is 11.0. The molecule has 1 N–H and O–H groups in total. The summed E-state index contributed by atoms with van der Waals surface area (Å²) < 4.78 is 29.4. The Labute approximate surface area is 146 Å². The van der Waals surface area contributed by atoms with Gasteiger partial charge in [0.2, 0.25) is 0 Å². The van der Waals surface area contributed by atoms with Crippen molar-refractivity contribution < 1.29 is 22.7 Å². The molecule has 0 atom stereocenters. The zero-order valence-electron chi connectivity index (χ0n) is 14.0. The molecular formula is C18H19NO5S. The van der Waals surface area contributed by atoms with E-state index < -0.39 is 21.7 Å². The van der Waals surface area contributed by atoms with Crippen LogP contribution in [0.4, 0.5) is 5.69 Å². The minimum Gasteiger partial charge on any atom is -0.465 e. The lowest BCUT2D eigenvalue weighted by Crippen LogP contribution is -2.19. The third-order valence-corrected chi connectivity index (χ3v) is 5.49. The van der Waals surface area contributed by atoms with Gasteiger partial charge in [-0.3, -0.25) is 4.79 Å². The highest BCUT2D eigenvalue weighted by Crippen LogP contribution is 2.21. The molecular weight excluding hydrogens is 342 g/mol. The van der Waals surface area contributed by atoms with E-state index in [1.165, 1.54) is 25.3 Å². The molecule has 1 amide bonds. The summed E-state index contributed by atoms with van der Waals surface area (Å²) in [5.41, 5.74) is 0.477. The molecule has 25 heavy (non-hydrogen) atoms. The first-order valence-electron chi connectivity index (χ1n) is 7.71. The molecule has 0 fully saturated rings. The van der Waals surface area contributed by atoms with Gasteiger partial charge in [0.05, 0.1) is 34.6 Å². The molecule has 132 valence electrons. The third-order valence-electron chi connectivity index (χ3n) is 3.52. The smallest absolute Gasteiger partial charge is 0.339 e. The van der Waals surface area contributed by atoms with Crippen molar-refractivity contribution >= 4 is 27.4 Å². The van der Waals surface area contributed by atoms with Gasteiger partial charge >= 0.3 is 5.97 Å². The third kappa shape index (κ3) is 4.24. The summed E-state index contributed by atoms with van der Waals surface area (Å²) in [6.45, 7) is 1.76. The predicted molar refractivity (Wildman–Crippen MR) is 94.5 cm³/mol. The van der Waals surface area contributed by atoms with Gasteiger partial charge in [-0.15, -0.1) is 0 Å². The van der Waals surface area contributed by atoms with Crippen LogP contribution in [0.15, 0.2) is 53.4 Å². The van der Waals surface area contributed by atoms with Crippen LogP contribution in [-0.4, -0.2) is 33.2 Å². The number of esters is 1. The van der Waals surface area contributed by atoms with Crippen LogP contribution in [-0.2, 0) is 14.6 Å². The summed E-state index contributed by atoms with van der Waals surface area (Å²) in [6, 6.07) is 12.4. The second kappa shape index (κ2) is 7.94. The van der Waals surface area contributed by atoms with E-state index in [0.29, 0.717) is 6.42 Å². The summed E-state index contributed by atoms with van der Waals surface area (Å²) >= 11 is 0. The molecule has 0 saturated heterocycles. The number of carbonyl (C=O) groups excluding carboxylic acids is 2. The Morgan fingerprint density at radius 1 is 1.00 bits per heavy atom. The maximum absolute atomic E-state index is 12.6. The number of amides is 1. The van der Waals surface area contributed by atoms with Gasteiger partial charge in [0.25, 0.3) is 5.91 Å². The van der Waals surface area contributed by atoms with Gasteiger partial charge in [-0.1, -0.05) is 31.2 Å². The molecule has 0 bridgehead atoms. The SMILES string of the molecule is CCCS(=O)(=O)c1ccccc1C(=O)Nc1ccccc1C(=O)OC. The molecule has 0 saturated carbocycles. The summed E-state index contributed by atoms with van der Waals surface area (Å²) in [5.74, 6) is -1.25. The van der Waals surface area contributed by atoms with Gasteiger partial charge in [0, 0.05) is 0 Å². The van der Waals surface area contributed by atoms with Gasteiger partial charge in [0.15, 0.2) is 9.84 Å². The van der Waals surface area contributed by atoms with E-state index >= 15 is 0 Å². The minimum atomic E-state index is -3.56. The molecule has 0 heterocycles. The van der Waals surface area contributed by atoms with Crippen molar-refractivity contribution in [2.75, 3.05) is 18.2 Å². The molecule has 0 unspecified atom stereocenters. The minimum absolute atomic E-state index is 0.0232. The number of anilines is 1. The van der Waals surface area contributed by atoms with Gasteiger partial charge in [0.1, 0.15) is 0 Å². The van der Waals surface area contributed by atoms with Crippen LogP contribution < -0.4 is 5.32 Å². The van der Waals surface area contributed by atoms with Gasteiger partial charge in [-0.2, -0.15) is 0 Å². The maximum Gasteiger partial charge on any atom is 0.339 e. The van der Waals surface area contributed by atoms with Crippen molar-refractivity contribution in [2.45, 2.75) is 18.2 Å². The number of hydrogen-bond donors (Lipinski definition) is 1. The molecule has 0 spiro atoms. The van der Waals surface area contributed by atoms with E-state index in [1.54, 1.807) is 37.3 Å². The molecule has 0 aliphatic carbocycles. The monoisotopic (exact) mass is 361 g/mol. The van der Waals surface area contributed by atoms with Gasteiger partial charge < -0.3 is 10.1 Å². The van der Waals surface area contributed by atoms with Crippen LogP contribution in [0.25, 0.3) is 0 Å². The van der Waals surface area contributed by atoms with E-state index in [4.69, 9.17) is 0 Å². The standard InChI is InChI=1S/C18H19NO5S/c1-3-12-25(22,23)16-11-7-5-9-14(16)17(20)19-15-10-6-4-8-13(15)18(21)24-2/h4-11H,3,12H2,1-2H3,(H,19,20). The molecule has 2 aromatic rings. The molecule has 0 radical (unpaired) electrons. The quantitative estimate of drug-likeness (QED) is 0.799. The molecule has 2 aromatic carbocycles. The topological polar surface area (TPSA) is 89.5 Å². The van der Waals surface area contributed by atoms with Gasteiger partial charge in [-0.25, -0.2) is 13.2 Å². The zero-order chi connectivity index (χ0) is 18.4. The van der Waals surface area contributed by atoms with Crippen molar-refractivity contribution in [1.82, 2.24) is 0 Å². The fraction of sp³-hybridized carbons (Fsp3) is 0.222. The molecule has 2 rings (SSSR count). The fourth-order valence-corrected chi connectivity index (χ4v) is 3.91. The van der Waals surface area contributed by atoms with E-state index in [1.807, 2.05) is 0 Å². The predicted octanol–water partition coefficient (Wildman–Crippen LogP) is 2.91. The highest BCUT2D eigenvalue weighted by Gasteiger charge is 2.22. The number of sulfone groups is 1. The number of ether oxygens (including phenoxy) is 1. The molecule has 7 heteroatoms. The lowest BCUT2D eigenvalue weighted by molar-refractivity contribution is 0.0602. The molecule has 0 aliphatic rings. The molecule has 0 aromatic heterocycles.